The van der Waals surface area contributed by atoms with Crippen LogP contribution >= 0.6 is 0 Å². The molecule has 2 bridgehead atoms. The standard InChI is InChI=1S/C26H35F2N3O/c1-20-3-2-4-22-17-24(28)9-13-29-26(31(20)18-22)19-30-14-10-21(11-15-30)12-16-32-25-7-5-23(27)6-8-25/h5-9,17,20-21H,2-4,10-16,18-19H2,1H3/b22-17-,24-9+,29-26?. The van der Waals surface area contributed by atoms with Crippen LogP contribution in [-0.2, 0) is 0 Å². The average Bonchev–Trinajstić information content (AvgIpc) is 2.91. The van der Waals surface area contributed by atoms with Crippen molar-refractivity contribution in [1.82, 2.24) is 9.80 Å². The van der Waals surface area contributed by atoms with E-state index in [2.05, 4.69) is 16.7 Å². The van der Waals surface area contributed by atoms with Crippen LogP contribution in [0.25, 0.3) is 0 Å². The molecule has 4 rings (SSSR count). The van der Waals surface area contributed by atoms with Gasteiger partial charge in [-0.15, -0.1) is 0 Å². The Labute approximate surface area is 190 Å². The van der Waals surface area contributed by atoms with E-state index < -0.39 is 0 Å². The molecule has 0 amide bonds. The van der Waals surface area contributed by atoms with Crippen LogP contribution in [0.4, 0.5) is 8.78 Å². The van der Waals surface area contributed by atoms with Gasteiger partial charge in [-0.1, -0.05) is 0 Å². The van der Waals surface area contributed by atoms with Crippen molar-refractivity contribution in [2.24, 2.45) is 10.9 Å². The molecule has 2 saturated heterocycles. The number of hydrogen-bond donors (Lipinski definition) is 0. The summed E-state index contributed by atoms with van der Waals surface area (Å²) in [5.74, 6) is 2.10. The molecule has 0 aromatic heterocycles. The molecule has 1 atom stereocenters. The van der Waals surface area contributed by atoms with Gasteiger partial charge in [-0.25, -0.2) is 8.78 Å². The summed E-state index contributed by atoms with van der Waals surface area (Å²) in [6, 6.07) is 6.66. The molecule has 3 heterocycles. The minimum absolute atomic E-state index is 0.150. The fourth-order valence-electron chi connectivity index (χ4n) is 4.93. The van der Waals surface area contributed by atoms with Crippen molar-refractivity contribution in [2.45, 2.75) is 51.5 Å². The summed E-state index contributed by atoms with van der Waals surface area (Å²) in [7, 11) is 0. The maximum absolute atomic E-state index is 14.1. The number of halogens is 2. The quantitative estimate of drug-likeness (QED) is 0.591. The Bertz CT molecular complexity index is 841. The Morgan fingerprint density at radius 3 is 2.66 bits per heavy atom. The van der Waals surface area contributed by atoms with Crippen molar-refractivity contribution in [3.05, 3.63) is 53.6 Å². The Morgan fingerprint density at radius 2 is 1.88 bits per heavy atom. The second-order valence-corrected chi connectivity index (χ2v) is 9.33. The molecule has 32 heavy (non-hydrogen) atoms. The molecule has 1 unspecified atom stereocenters. The second kappa shape index (κ2) is 11.1. The van der Waals surface area contributed by atoms with E-state index >= 15 is 0 Å². The van der Waals surface area contributed by atoms with Crippen molar-refractivity contribution >= 4 is 5.84 Å². The lowest BCUT2D eigenvalue weighted by Gasteiger charge is -2.36. The van der Waals surface area contributed by atoms with Gasteiger partial charge in [0.1, 0.15) is 23.2 Å². The average molecular weight is 444 g/mol. The van der Waals surface area contributed by atoms with E-state index in [1.807, 2.05) is 0 Å². The van der Waals surface area contributed by atoms with Gasteiger partial charge in [0.25, 0.3) is 0 Å². The van der Waals surface area contributed by atoms with E-state index in [1.54, 1.807) is 24.3 Å². The van der Waals surface area contributed by atoms with Gasteiger partial charge in [-0.05, 0) is 106 Å². The van der Waals surface area contributed by atoms with Crippen LogP contribution < -0.4 is 4.74 Å². The molecular formula is C26H35F2N3O. The number of rotatable bonds is 6. The molecule has 0 spiro atoms. The van der Waals surface area contributed by atoms with Crippen molar-refractivity contribution in [1.29, 1.82) is 0 Å². The first-order valence-electron chi connectivity index (χ1n) is 12.0. The summed E-state index contributed by atoms with van der Waals surface area (Å²) < 4.78 is 32.9. The molecule has 6 heteroatoms. The number of likely N-dealkylation sites (tertiary alicyclic amines) is 1. The molecule has 0 N–H and O–H groups in total. The molecule has 0 saturated carbocycles. The van der Waals surface area contributed by atoms with Gasteiger partial charge in [0, 0.05) is 12.6 Å². The molecule has 174 valence electrons. The lowest BCUT2D eigenvalue weighted by atomic mass is 9.94. The lowest BCUT2D eigenvalue weighted by Crippen LogP contribution is -2.47. The zero-order valence-electron chi connectivity index (χ0n) is 19.1. The molecule has 3 aliphatic heterocycles. The molecule has 3 aliphatic rings. The number of hydrogen-bond acceptors (Lipinski definition) is 4. The minimum Gasteiger partial charge on any atom is -0.494 e. The van der Waals surface area contributed by atoms with Crippen LogP contribution in [-0.4, -0.2) is 61.0 Å². The third-order valence-corrected chi connectivity index (χ3v) is 6.94. The highest BCUT2D eigenvalue weighted by Gasteiger charge is 2.26. The molecule has 1 aromatic rings. The summed E-state index contributed by atoms with van der Waals surface area (Å²) in [4.78, 5) is 9.72. The van der Waals surface area contributed by atoms with Crippen molar-refractivity contribution in [2.75, 3.05) is 39.3 Å². The van der Waals surface area contributed by atoms with Crippen molar-refractivity contribution < 1.29 is 13.5 Å². The van der Waals surface area contributed by atoms with E-state index in [1.165, 1.54) is 17.7 Å². The Balaban J connectivity index is 1.28. The Hall–Kier alpha value is -2.21. The molecule has 4 nitrogen and oxygen atoms in total. The third kappa shape index (κ3) is 6.41. The zero-order chi connectivity index (χ0) is 22.3. The predicted octanol–water partition coefficient (Wildman–Crippen LogP) is 5.37. The SMILES string of the molecule is CC1CCC/C2=C/C(F)=C\CN=C(CN3CCC(CCOc4ccc(F)cc4)CC3)N1C2. The van der Waals surface area contributed by atoms with E-state index in [4.69, 9.17) is 9.73 Å². The Morgan fingerprint density at radius 1 is 1.09 bits per heavy atom. The maximum atomic E-state index is 14.1. The van der Waals surface area contributed by atoms with Gasteiger partial charge >= 0.3 is 0 Å². The smallest absolute Gasteiger partial charge is 0.123 e. The van der Waals surface area contributed by atoms with E-state index in [9.17, 15) is 8.78 Å². The second-order valence-electron chi connectivity index (χ2n) is 9.33. The summed E-state index contributed by atoms with van der Waals surface area (Å²) in [5, 5.41) is 0. The van der Waals surface area contributed by atoms with Crippen LogP contribution in [0.5, 0.6) is 5.75 Å². The first-order valence-corrected chi connectivity index (χ1v) is 12.0. The van der Waals surface area contributed by atoms with Crippen LogP contribution in [0.1, 0.15) is 45.4 Å². The molecule has 1 aromatic carbocycles. The van der Waals surface area contributed by atoms with Crippen molar-refractivity contribution in [3.63, 3.8) is 0 Å². The minimum atomic E-state index is -0.239. The normalized spacial score (nSPS) is 26.5. The van der Waals surface area contributed by atoms with Gasteiger partial charge in [0.2, 0.25) is 0 Å². The monoisotopic (exact) mass is 443 g/mol. The first-order chi connectivity index (χ1) is 15.6. The number of piperidine rings is 1. The number of fused-ring (bicyclic) bond motifs is 2. The Kier molecular flexibility index (Phi) is 7.95. The largest absolute Gasteiger partial charge is 0.494 e. The number of benzene rings is 1. The number of nitrogens with zero attached hydrogens (tertiary/aromatic N) is 3. The summed E-state index contributed by atoms with van der Waals surface area (Å²) in [6.45, 7) is 7.08. The highest BCUT2D eigenvalue weighted by molar-refractivity contribution is 5.85. The van der Waals surface area contributed by atoms with Gasteiger partial charge in [-0.2, -0.15) is 0 Å². The maximum Gasteiger partial charge on any atom is 0.123 e. The van der Waals surface area contributed by atoms with Crippen LogP contribution in [0.3, 0.4) is 0 Å². The molecule has 0 aliphatic carbocycles. The molecule has 2 fully saturated rings. The number of amidine groups is 1. The summed E-state index contributed by atoms with van der Waals surface area (Å²) in [5.41, 5.74) is 1.18. The van der Waals surface area contributed by atoms with Crippen LogP contribution in [0.2, 0.25) is 0 Å². The fraction of sp³-hybridized carbons (Fsp3) is 0.577. The number of allylic oxidation sites excluding steroid dienone is 2. The van der Waals surface area contributed by atoms with E-state index in [-0.39, 0.29) is 11.6 Å². The van der Waals surface area contributed by atoms with E-state index in [0.717, 1.165) is 76.3 Å². The van der Waals surface area contributed by atoms with Gasteiger partial charge < -0.3 is 9.64 Å². The van der Waals surface area contributed by atoms with Gasteiger partial charge in [0.15, 0.2) is 0 Å². The third-order valence-electron chi connectivity index (χ3n) is 6.94. The fourth-order valence-corrected chi connectivity index (χ4v) is 4.93. The number of ether oxygens (including phenoxy) is 1. The van der Waals surface area contributed by atoms with Gasteiger partial charge in [-0.3, -0.25) is 9.89 Å². The first kappa shape index (κ1) is 23.0. The predicted molar refractivity (Wildman–Crippen MR) is 125 cm³/mol. The summed E-state index contributed by atoms with van der Waals surface area (Å²) >= 11 is 0. The lowest BCUT2D eigenvalue weighted by molar-refractivity contribution is 0.173. The van der Waals surface area contributed by atoms with Crippen molar-refractivity contribution in [3.8, 4) is 5.75 Å². The number of aliphatic imine (C=N–C) groups is 1. The molecular weight excluding hydrogens is 408 g/mol. The summed E-state index contributed by atoms with van der Waals surface area (Å²) in [6.07, 6.45) is 9.85. The van der Waals surface area contributed by atoms with E-state index in [0.29, 0.717) is 25.1 Å². The van der Waals surface area contributed by atoms with Crippen LogP contribution in [0.15, 0.2) is 52.8 Å². The highest BCUT2D eigenvalue weighted by Crippen LogP contribution is 2.25. The zero-order valence-corrected chi connectivity index (χ0v) is 19.1. The highest BCUT2D eigenvalue weighted by atomic mass is 19.1. The molecule has 0 radical (unpaired) electrons. The van der Waals surface area contributed by atoms with Crippen LogP contribution in [0, 0.1) is 11.7 Å². The topological polar surface area (TPSA) is 28.1 Å². The van der Waals surface area contributed by atoms with Gasteiger partial charge in [0.05, 0.1) is 19.7 Å².